The molecular weight excluding hydrogens is 216 g/mol. The van der Waals surface area contributed by atoms with E-state index in [1.165, 1.54) is 10.4 Å². The Kier molecular flexibility index (Phi) is 3.70. The first-order chi connectivity index (χ1) is 7.75. The van der Waals surface area contributed by atoms with Gasteiger partial charge in [-0.3, -0.25) is 0 Å². The molecule has 3 heteroatoms. The minimum Gasteiger partial charge on any atom is -0.305 e. The van der Waals surface area contributed by atoms with Crippen LogP contribution in [-0.4, -0.2) is 4.98 Å². The number of aryl methyl sites for hydroxylation is 1. The Morgan fingerprint density at radius 2 is 2.06 bits per heavy atom. The molecule has 2 aromatic rings. The van der Waals surface area contributed by atoms with Crippen LogP contribution in [0, 0.1) is 6.92 Å². The quantitative estimate of drug-likeness (QED) is 0.875. The van der Waals surface area contributed by atoms with E-state index in [2.05, 4.69) is 41.5 Å². The Morgan fingerprint density at radius 1 is 1.31 bits per heavy atom. The first kappa shape index (κ1) is 11.3. The van der Waals surface area contributed by atoms with Gasteiger partial charge in [-0.05, 0) is 19.4 Å². The van der Waals surface area contributed by atoms with Gasteiger partial charge in [0.25, 0.3) is 0 Å². The first-order valence-electron chi connectivity index (χ1n) is 5.45. The maximum absolute atomic E-state index is 4.25. The summed E-state index contributed by atoms with van der Waals surface area (Å²) >= 11 is 1.75. The molecule has 84 valence electrons. The van der Waals surface area contributed by atoms with Crippen molar-refractivity contribution in [3.05, 3.63) is 52.0 Å². The molecule has 1 N–H and O–H groups in total. The molecule has 0 aliphatic carbocycles. The smallest absolute Gasteiger partial charge is 0.0897 e. The normalized spacial score (nSPS) is 12.6. The van der Waals surface area contributed by atoms with Crippen LogP contribution >= 0.6 is 11.3 Å². The second-order valence-electron chi connectivity index (χ2n) is 3.86. The molecule has 0 aliphatic heterocycles. The fourth-order valence-electron chi connectivity index (χ4n) is 1.60. The zero-order chi connectivity index (χ0) is 11.4. The Bertz CT molecular complexity index is 436. The largest absolute Gasteiger partial charge is 0.305 e. The van der Waals surface area contributed by atoms with Crippen molar-refractivity contribution in [2.75, 3.05) is 0 Å². The monoisotopic (exact) mass is 232 g/mol. The fraction of sp³-hybridized carbons (Fsp3) is 0.308. The molecule has 0 spiro atoms. The summed E-state index contributed by atoms with van der Waals surface area (Å²) in [4.78, 5) is 5.54. The summed E-state index contributed by atoms with van der Waals surface area (Å²) in [6.45, 7) is 5.11. The van der Waals surface area contributed by atoms with Crippen LogP contribution in [0.5, 0.6) is 0 Å². The molecule has 16 heavy (non-hydrogen) atoms. The first-order valence-corrected chi connectivity index (χ1v) is 6.27. The van der Waals surface area contributed by atoms with E-state index >= 15 is 0 Å². The topological polar surface area (TPSA) is 24.9 Å². The highest BCUT2D eigenvalue weighted by Gasteiger charge is 2.04. The number of nitrogens with one attached hydrogen (secondary N) is 1. The van der Waals surface area contributed by atoms with E-state index in [4.69, 9.17) is 0 Å². The molecule has 0 amide bonds. The summed E-state index contributed by atoms with van der Waals surface area (Å²) in [6.07, 6.45) is 1.95. The zero-order valence-corrected chi connectivity index (χ0v) is 10.4. The molecule has 1 aromatic heterocycles. The highest BCUT2D eigenvalue weighted by atomic mass is 32.1. The Balaban J connectivity index is 1.91. The van der Waals surface area contributed by atoms with Crippen LogP contribution in [0.2, 0.25) is 0 Å². The van der Waals surface area contributed by atoms with Gasteiger partial charge in [0, 0.05) is 23.7 Å². The Hall–Kier alpha value is -1.19. The number of hydrogen-bond acceptors (Lipinski definition) is 3. The Morgan fingerprint density at radius 3 is 2.69 bits per heavy atom. The van der Waals surface area contributed by atoms with Gasteiger partial charge in [0.15, 0.2) is 0 Å². The lowest BCUT2D eigenvalue weighted by Crippen LogP contribution is -2.17. The zero-order valence-electron chi connectivity index (χ0n) is 9.60. The van der Waals surface area contributed by atoms with Gasteiger partial charge in [0.1, 0.15) is 0 Å². The maximum atomic E-state index is 4.25. The second kappa shape index (κ2) is 5.23. The predicted molar refractivity (Wildman–Crippen MR) is 68.5 cm³/mol. The number of nitrogens with zero attached hydrogens (tertiary/aromatic N) is 1. The molecule has 1 heterocycles. The van der Waals surface area contributed by atoms with Crippen molar-refractivity contribution >= 4 is 11.3 Å². The molecule has 0 saturated heterocycles. The highest BCUT2D eigenvalue weighted by Crippen LogP contribution is 2.15. The molecule has 1 atom stereocenters. The number of rotatable bonds is 4. The number of thiazole rings is 1. The van der Waals surface area contributed by atoms with E-state index in [1.54, 1.807) is 11.3 Å². The minimum absolute atomic E-state index is 0.378. The van der Waals surface area contributed by atoms with Crippen LogP contribution in [0.4, 0.5) is 0 Å². The molecule has 0 aliphatic rings. The molecule has 1 aromatic carbocycles. The predicted octanol–water partition coefficient (Wildman–Crippen LogP) is 3.30. The summed E-state index contributed by atoms with van der Waals surface area (Å²) in [5.74, 6) is 0. The van der Waals surface area contributed by atoms with E-state index in [9.17, 15) is 0 Å². The van der Waals surface area contributed by atoms with Crippen LogP contribution in [0.15, 0.2) is 36.5 Å². The third kappa shape index (κ3) is 2.90. The molecule has 0 saturated carbocycles. The molecule has 0 bridgehead atoms. The Labute approximate surface area is 100 Å². The fourth-order valence-corrected chi connectivity index (χ4v) is 2.35. The van der Waals surface area contributed by atoms with Crippen LogP contribution in [0.25, 0.3) is 0 Å². The average Bonchev–Trinajstić information content (AvgIpc) is 2.73. The summed E-state index contributed by atoms with van der Waals surface area (Å²) in [7, 11) is 0. The van der Waals surface area contributed by atoms with Crippen LogP contribution in [0.3, 0.4) is 0 Å². The van der Waals surface area contributed by atoms with Crippen LogP contribution < -0.4 is 5.32 Å². The van der Waals surface area contributed by atoms with Gasteiger partial charge in [-0.2, -0.15) is 0 Å². The number of benzene rings is 1. The van der Waals surface area contributed by atoms with Crippen molar-refractivity contribution in [1.82, 2.24) is 10.3 Å². The van der Waals surface area contributed by atoms with E-state index in [0.29, 0.717) is 6.04 Å². The van der Waals surface area contributed by atoms with E-state index in [1.807, 2.05) is 19.2 Å². The molecule has 0 unspecified atom stereocenters. The standard InChI is InChI=1S/C13H16N2S/c1-10(12-6-4-3-5-7-12)14-8-13-9-15-11(2)16-13/h3-7,9-10,14H,8H2,1-2H3/t10-/m0/s1. The maximum Gasteiger partial charge on any atom is 0.0897 e. The van der Waals surface area contributed by atoms with Gasteiger partial charge < -0.3 is 5.32 Å². The van der Waals surface area contributed by atoms with Crippen molar-refractivity contribution in [1.29, 1.82) is 0 Å². The van der Waals surface area contributed by atoms with Crippen molar-refractivity contribution in [3.63, 3.8) is 0 Å². The van der Waals surface area contributed by atoms with Crippen molar-refractivity contribution in [3.8, 4) is 0 Å². The van der Waals surface area contributed by atoms with Crippen molar-refractivity contribution < 1.29 is 0 Å². The van der Waals surface area contributed by atoms with E-state index in [0.717, 1.165) is 11.6 Å². The lowest BCUT2D eigenvalue weighted by molar-refractivity contribution is 0.578. The average molecular weight is 232 g/mol. The van der Waals surface area contributed by atoms with Crippen LogP contribution in [-0.2, 0) is 6.54 Å². The summed E-state index contributed by atoms with van der Waals surface area (Å²) in [5.41, 5.74) is 1.32. The summed E-state index contributed by atoms with van der Waals surface area (Å²) in [6, 6.07) is 10.9. The van der Waals surface area contributed by atoms with Crippen molar-refractivity contribution in [2.24, 2.45) is 0 Å². The minimum atomic E-state index is 0.378. The van der Waals surface area contributed by atoms with E-state index < -0.39 is 0 Å². The molecule has 0 fully saturated rings. The van der Waals surface area contributed by atoms with Gasteiger partial charge >= 0.3 is 0 Å². The van der Waals surface area contributed by atoms with Crippen LogP contribution in [0.1, 0.15) is 28.4 Å². The van der Waals surface area contributed by atoms with Gasteiger partial charge in [0.2, 0.25) is 0 Å². The molecule has 0 radical (unpaired) electrons. The highest BCUT2D eigenvalue weighted by molar-refractivity contribution is 7.11. The lowest BCUT2D eigenvalue weighted by atomic mass is 10.1. The second-order valence-corrected chi connectivity index (χ2v) is 5.18. The summed E-state index contributed by atoms with van der Waals surface area (Å²) in [5, 5.41) is 4.63. The summed E-state index contributed by atoms with van der Waals surface area (Å²) < 4.78 is 0. The van der Waals surface area contributed by atoms with Gasteiger partial charge in [-0.25, -0.2) is 4.98 Å². The van der Waals surface area contributed by atoms with Gasteiger partial charge in [-0.1, -0.05) is 30.3 Å². The van der Waals surface area contributed by atoms with Crippen molar-refractivity contribution in [2.45, 2.75) is 26.4 Å². The number of hydrogen-bond donors (Lipinski definition) is 1. The third-order valence-corrected chi connectivity index (χ3v) is 3.46. The molecular formula is C13H16N2S. The van der Waals surface area contributed by atoms with Gasteiger partial charge in [-0.15, -0.1) is 11.3 Å². The lowest BCUT2D eigenvalue weighted by Gasteiger charge is -2.12. The molecule has 2 rings (SSSR count). The molecule has 2 nitrogen and oxygen atoms in total. The number of aromatic nitrogens is 1. The third-order valence-electron chi connectivity index (χ3n) is 2.55. The van der Waals surface area contributed by atoms with Gasteiger partial charge in [0.05, 0.1) is 5.01 Å². The van der Waals surface area contributed by atoms with E-state index in [-0.39, 0.29) is 0 Å². The SMILES string of the molecule is Cc1ncc(CN[C@@H](C)c2ccccc2)s1.